The van der Waals surface area contributed by atoms with Crippen LogP contribution in [0.1, 0.15) is 30.7 Å². The second-order valence-corrected chi connectivity index (χ2v) is 9.07. The summed E-state index contributed by atoms with van der Waals surface area (Å²) in [6, 6.07) is 11.7. The van der Waals surface area contributed by atoms with Crippen LogP contribution in [0.15, 0.2) is 51.3 Å². The Labute approximate surface area is 187 Å². The number of nitrogens with zero attached hydrogens (tertiary/aromatic N) is 5. The average Bonchev–Trinajstić information content (AvgIpc) is 3.25. The standard InChI is InChI=1S/C21H18N6O2S2/c1-29-13-5-2-4-12(10-13)17-14(11-23)19(24)27(15-6-3-7-16(28)18(15)17)20-25-26-21(31-20)30-9-8-22/h2,4-5,10,17H,3,6-7,9,24H2,1H3. The van der Waals surface area contributed by atoms with Crippen molar-refractivity contribution >= 4 is 34.0 Å². The molecule has 2 aliphatic rings. The maximum atomic E-state index is 13.1. The number of hydrogen-bond donors (Lipinski definition) is 1. The van der Waals surface area contributed by atoms with Gasteiger partial charge >= 0.3 is 0 Å². The van der Waals surface area contributed by atoms with Crippen LogP contribution < -0.4 is 15.4 Å². The summed E-state index contributed by atoms with van der Waals surface area (Å²) >= 11 is 2.57. The maximum absolute atomic E-state index is 13.1. The molecule has 2 N–H and O–H groups in total. The molecule has 0 fully saturated rings. The zero-order valence-corrected chi connectivity index (χ0v) is 18.3. The Balaban J connectivity index is 1.87. The van der Waals surface area contributed by atoms with Crippen LogP contribution >= 0.6 is 23.1 Å². The van der Waals surface area contributed by atoms with E-state index in [1.54, 1.807) is 12.0 Å². The third-order valence-electron chi connectivity index (χ3n) is 5.19. The molecule has 1 aliphatic heterocycles. The van der Waals surface area contributed by atoms with Crippen molar-refractivity contribution < 1.29 is 9.53 Å². The lowest BCUT2D eigenvalue weighted by Crippen LogP contribution is -2.38. The molecule has 8 nitrogen and oxygen atoms in total. The number of hydrogen-bond acceptors (Lipinski definition) is 10. The molecule has 2 aromatic rings. The van der Waals surface area contributed by atoms with Crippen molar-refractivity contribution in [1.29, 1.82) is 10.5 Å². The minimum absolute atomic E-state index is 0.00270. The highest BCUT2D eigenvalue weighted by Gasteiger charge is 2.41. The number of benzene rings is 1. The molecule has 31 heavy (non-hydrogen) atoms. The molecule has 1 unspecified atom stereocenters. The van der Waals surface area contributed by atoms with Crippen LogP contribution in [-0.2, 0) is 4.79 Å². The smallest absolute Gasteiger partial charge is 0.219 e. The van der Waals surface area contributed by atoms with Gasteiger partial charge in [-0.15, -0.1) is 10.2 Å². The lowest BCUT2D eigenvalue weighted by Gasteiger charge is -2.38. The summed E-state index contributed by atoms with van der Waals surface area (Å²) in [7, 11) is 1.57. The number of Topliss-reactive ketones (excluding diaryl/α,β-unsaturated/α-hetero) is 1. The Morgan fingerprint density at radius 1 is 1.35 bits per heavy atom. The first-order valence-corrected chi connectivity index (χ1v) is 11.3. The third kappa shape index (κ3) is 3.76. The highest BCUT2D eigenvalue weighted by atomic mass is 32.2. The lowest BCUT2D eigenvalue weighted by molar-refractivity contribution is -0.116. The van der Waals surface area contributed by atoms with Gasteiger partial charge in [-0.1, -0.05) is 35.2 Å². The summed E-state index contributed by atoms with van der Waals surface area (Å²) in [5, 5.41) is 27.7. The van der Waals surface area contributed by atoms with Crippen LogP contribution in [0, 0.1) is 22.7 Å². The highest BCUT2D eigenvalue weighted by Crippen LogP contribution is 2.47. The van der Waals surface area contributed by atoms with Gasteiger partial charge in [0.2, 0.25) is 5.13 Å². The topological polar surface area (TPSA) is 129 Å². The van der Waals surface area contributed by atoms with Gasteiger partial charge in [-0.3, -0.25) is 9.69 Å². The number of ketones is 1. The summed E-state index contributed by atoms with van der Waals surface area (Å²) in [5.41, 5.74) is 8.92. The quantitative estimate of drug-likeness (QED) is 0.681. The van der Waals surface area contributed by atoms with Crippen molar-refractivity contribution in [3.05, 3.63) is 52.5 Å². The van der Waals surface area contributed by atoms with E-state index in [9.17, 15) is 10.1 Å². The number of anilines is 1. The Bertz CT molecular complexity index is 1190. The van der Waals surface area contributed by atoms with Crippen LogP contribution in [0.25, 0.3) is 0 Å². The van der Waals surface area contributed by atoms with Gasteiger partial charge in [0.15, 0.2) is 10.1 Å². The van der Waals surface area contributed by atoms with Crippen LogP contribution in [0.3, 0.4) is 0 Å². The summed E-state index contributed by atoms with van der Waals surface area (Å²) in [6.07, 6.45) is 1.76. The molecule has 1 aromatic heterocycles. The van der Waals surface area contributed by atoms with Crippen molar-refractivity contribution in [1.82, 2.24) is 10.2 Å². The number of aromatic nitrogens is 2. The molecule has 0 bridgehead atoms. The molecule has 2 heterocycles. The predicted molar refractivity (Wildman–Crippen MR) is 117 cm³/mol. The van der Waals surface area contributed by atoms with E-state index in [0.29, 0.717) is 45.6 Å². The van der Waals surface area contributed by atoms with Gasteiger partial charge in [-0.25, -0.2) is 0 Å². The van der Waals surface area contributed by atoms with Gasteiger partial charge in [-0.05, 0) is 30.5 Å². The summed E-state index contributed by atoms with van der Waals surface area (Å²) in [6.45, 7) is 0. The van der Waals surface area contributed by atoms with Gasteiger partial charge in [0.25, 0.3) is 0 Å². The van der Waals surface area contributed by atoms with Crippen molar-refractivity contribution in [3.8, 4) is 17.9 Å². The zero-order valence-electron chi connectivity index (χ0n) is 16.7. The molecule has 1 atom stereocenters. The van der Waals surface area contributed by atoms with Gasteiger partial charge in [-0.2, -0.15) is 10.5 Å². The first-order valence-electron chi connectivity index (χ1n) is 9.52. The van der Waals surface area contributed by atoms with E-state index < -0.39 is 5.92 Å². The first-order chi connectivity index (χ1) is 15.1. The number of ether oxygens (including phenoxy) is 1. The van der Waals surface area contributed by atoms with E-state index in [1.807, 2.05) is 24.3 Å². The summed E-state index contributed by atoms with van der Waals surface area (Å²) in [4.78, 5) is 14.8. The molecule has 4 rings (SSSR count). The van der Waals surface area contributed by atoms with Crippen LogP contribution in [0.5, 0.6) is 5.75 Å². The molecule has 156 valence electrons. The van der Waals surface area contributed by atoms with E-state index >= 15 is 0 Å². The second kappa shape index (κ2) is 8.80. The minimum Gasteiger partial charge on any atom is -0.497 e. The number of methoxy groups -OCH3 is 1. The molecule has 10 heteroatoms. The van der Waals surface area contributed by atoms with E-state index in [2.05, 4.69) is 22.3 Å². The molecule has 1 aromatic carbocycles. The Morgan fingerprint density at radius 3 is 2.94 bits per heavy atom. The third-order valence-corrected chi connectivity index (χ3v) is 7.10. The van der Waals surface area contributed by atoms with Crippen molar-refractivity contribution in [2.45, 2.75) is 29.5 Å². The predicted octanol–water partition coefficient (Wildman–Crippen LogP) is 3.47. The molecular formula is C21H18N6O2S2. The van der Waals surface area contributed by atoms with Crippen molar-refractivity contribution in [3.63, 3.8) is 0 Å². The fourth-order valence-electron chi connectivity index (χ4n) is 3.90. The fraction of sp³-hybridized carbons (Fsp3) is 0.286. The Hall–Kier alpha value is -3.34. The number of nitrogens with two attached hydrogens (primary N) is 1. The van der Waals surface area contributed by atoms with Crippen molar-refractivity contribution in [2.75, 3.05) is 17.8 Å². The number of allylic oxidation sites excluding steroid dienone is 3. The number of carbonyl (C=O) groups excluding carboxylic acids is 1. The molecule has 0 saturated carbocycles. The second-order valence-electron chi connectivity index (χ2n) is 6.89. The number of carbonyl (C=O) groups is 1. The number of nitriles is 2. The zero-order chi connectivity index (χ0) is 22.0. The summed E-state index contributed by atoms with van der Waals surface area (Å²) < 4.78 is 5.97. The Kier molecular flexibility index (Phi) is 5.94. The number of thioether (sulfide) groups is 1. The highest BCUT2D eigenvalue weighted by molar-refractivity contribution is 8.01. The Morgan fingerprint density at radius 2 is 2.19 bits per heavy atom. The van der Waals surface area contributed by atoms with Crippen LogP contribution in [-0.4, -0.2) is 28.8 Å². The first kappa shape index (κ1) is 20.9. The number of rotatable bonds is 5. The van der Waals surface area contributed by atoms with E-state index in [4.69, 9.17) is 15.7 Å². The normalized spacial score (nSPS) is 18.5. The van der Waals surface area contributed by atoms with Gasteiger partial charge in [0.1, 0.15) is 11.6 Å². The van der Waals surface area contributed by atoms with Crippen molar-refractivity contribution in [2.24, 2.45) is 5.73 Å². The minimum atomic E-state index is -0.556. The van der Waals surface area contributed by atoms with Gasteiger partial charge in [0, 0.05) is 17.7 Å². The van der Waals surface area contributed by atoms with Crippen LogP contribution in [0.4, 0.5) is 5.13 Å². The van der Waals surface area contributed by atoms with E-state index in [1.165, 1.54) is 23.1 Å². The maximum Gasteiger partial charge on any atom is 0.219 e. The molecule has 1 aliphatic carbocycles. The largest absolute Gasteiger partial charge is 0.497 e. The lowest BCUT2D eigenvalue weighted by atomic mass is 9.76. The average molecular weight is 451 g/mol. The molecule has 0 amide bonds. The van der Waals surface area contributed by atoms with Gasteiger partial charge in [0.05, 0.1) is 36.5 Å². The molecule has 0 spiro atoms. The SMILES string of the molecule is COc1cccc(C2C(C#N)=C(N)N(c3nnc(SCC#N)s3)C3=C2C(=O)CCC3)c1. The van der Waals surface area contributed by atoms with E-state index in [-0.39, 0.29) is 17.4 Å². The van der Waals surface area contributed by atoms with Crippen LogP contribution in [0.2, 0.25) is 0 Å². The summed E-state index contributed by atoms with van der Waals surface area (Å²) in [5.74, 6) is 0.594. The molecular weight excluding hydrogens is 432 g/mol. The van der Waals surface area contributed by atoms with Gasteiger partial charge < -0.3 is 10.5 Å². The fourth-order valence-corrected chi connectivity index (χ4v) is 5.45. The molecule has 0 radical (unpaired) electrons. The van der Waals surface area contributed by atoms with E-state index in [0.717, 1.165) is 11.3 Å². The monoisotopic (exact) mass is 450 g/mol. The molecule has 0 saturated heterocycles.